The van der Waals surface area contributed by atoms with Gasteiger partial charge < -0.3 is 14.7 Å². The van der Waals surface area contributed by atoms with Crippen molar-refractivity contribution in [2.75, 3.05) is 12.0 Å². The molecule has 2 atom stereocenters. The zero-order chi connectivity index (χ0) is 21.1. The lowest BCUT2D eigenvalue weighted by molar-refractivity contribution is -0.107. The molecule has 0 heterocycles. The third kappa shape index (κ3) is 4.06. The summed E-state index contributed by atoms with van der Waals surface area (Å²) in [6.45, 7) is 0.321. The second kappa shape index (κ2) is 8.41. The number of hydrogen-bond donors (Lipinski definition) is 1. The molecular formula is C25H23NO4. The Hall–Kier alpha value is -3.60. The molecule has 5 nitrogen and oxygen atoms in total. The minimum Gasteiger partial charge on any atom is -0.497 e. The zero-order valence-electron chi connectivity index (χ0n) is 16.7. The van der Waals surface area contributed by atoms with E-state index in [-0.39, 0.29) is 5.56 Å². The van der Waals surface area contributed by atoms with E-state index in [1.165, 1.54) is 5.56 Å². The van der Waals surface area contributed by atoms with E-state index in [1.807, 2.05) is 36.4 Å². The van der Waals surface area contributed by atoms with Crippen LogP contribution in [0, 0.1) is 0 Å². The van der Waals surface area contributed by atoms with Crippen LogP contribution >= 0.6 is 0 Å². The quantitative estimate of drug-likeness (QED) is 0.549. The Morgan fingerprint density at radius 2 is 1.83 bits per heavy atom. The van der Waals surface area contributed by atoms with E-state index in [0.717, 1.165) is 35.4 Å². The van der Waals surface area contributed by atoms with Gasteiger partial charge in [0.25, 0.3) is 0 Å². The Morgan fingerprint density at radius 1 is 1.07 bits per heavy atom. The second-order valence-electron chi connectivity index (χ2n) is 7.52. The molecule has 1 aliphatic rings. The van der Waals surface area contributed by atoms with Gasteiger partial charge in [0.15, 0.2) is 0 Å². The normalized spacial score (nSPS) is 17.2. The molecule has 0 aromatic heterocycles. The lowest BCUT2D eigenvalue weighted by atomic mass is 10.0. The number of carboxylic acids is 1. The number of ether oxygens (including phenoxy) is 1. The smallest absolute Gasteiger partial charge is 0.335 e. The summed E-state index contributed by atoms with van der Waals surface area (Å²) in [6.07, 6.45) is 1.85. The molecule has 1 amide bonds. The van der Waals surface area contributed by atoms with Gasteiger partial charge in [-0.3, -0.25) is 4.79 Å². The summed E-state index contributed by atoms with van der Waals surface area (Å²) in [5, 5.41) is 9.22. The fourth-order valence-electron chi connectivity index (χ4n) is 4.00. The van der Waals surface area contributed by atoms with E-state index < -0.39 is 5.97 Å². The highest BCUT2D eigenvalue weighted by molar-refractivity contribution is 5.88. The number of nitrogens with zero attached hydrogens (tertiary/aromatic N) is 1. The number of carbonyl (C=O) groups excluding carboxylic acids is 1. The van der Waals surface area contributed by atoms with E-state index in [2.05, 4.69) is 18.2 Å². The largest absolute Gasteiger partial charge is 0.497 e. The van der Waals surface area contributed by atoms with Gasteiger partial charge in [-0.1, -0.05) is 42.5 Å². The fraction of sp³-hybridized carbons (Fsp3) is 0.200. The minimum absolute atomic E-state index is 0.216. The van der Waals surface area contributed by atoms with Gasteiger partial charge in [-0.2, -0.15) is 0 Å². The Kier molecular flexibility index (Phi) is 5.53. The van der Waals surface area contributed by atoms with Crippen LogP contribution in [0.1, 0.15) is 45.3 Å². The maximum atomic E-state index is 11.9. The number of amides is 1. The van der Waals surface area contributed by atoms with Gasteiger partial charge in [0, 0.05) is 5.69 Å². The van der Waals surface area contributed by atoms with E-state index >= 15 is 0 Å². The number of carboxylic acid groups (broad SMARTS) is 1. The molecule has 1 N–H and O–H groups in total. The van der Waals surface area contributed by atoms with Crippen molar-refractivity contribution >= 4 is 18.1 Å². The van der Waals surface area contributed by atoms with Crippen LogP contribution in [0.5, 0.6) is 5.75 Å². The average Bonchev–Trinajstić information content (AvgIpc) is 3.58. The molecule has 3 aromatic carbocycles. The summed E-state index contributed by atoms with van der Waals surface area (Å²) in [6, 6.07) is 22.8. The van der Waals surface area contributed by atoms with Crippen molar-refractivity contribution in [3.63, 3.8) is 0 Å². The predicted octanol–water partition coefficient (Wildman–Crippen LogP) is 4.83. The van der Waals surface area contributed by atoms with Crippen molar-refractivity contribution < 1.29 is 19.4 Å². The van der Waals surface area contributed by atoms with Crippen LogP contribution in [0.25, 0.3) is 0 Å². The summed E-state index contributed by atoms with van der Waals surface area (Å²) in [7, 11) is 1.66. The van der Waals surface area contributed by atoms with E-state index in [4.69, 9.17) is 4.74 Å². The molecule has 4 rings (SSSR count). The van der Waals surface area contributed by atoms with Crippen molar-refractivity contribution in [2.45, 2.75) is 24.8 Å². The number of hydrogen-bond acceptors (Lipinski definition) is 3. The predicted molar refractivity (Wildman–Crippen MR) is 115 cm³/mol. The van der Waals surface area contributed by atoms with Crippen LogP contribution in [-0.4, -0.2) is 24.6 Å². The number of rotatable bonds is 8. The third-order valence-corrected chi connectivity index (χ3v) is 5.63. The SMILES string of the molecule is COc1ccc([C@@H]2CC2c2ccccc2N(C=O)Cc2cccc(C(=O)O)c2)cc1. The molecule has 152 valence electrons. The van der Waals surface area contributed by atoms with Crippen LogP contribution in [0.3, 0.4) is 0 Å². The van der Waals surface area contributed by atoms with Gasteiger partial charge in [-0.05, 0) is 65.3 Å². The van der Waals surface area contributed by atoms with Crippen molar-refractivity contribution in [1.82, 2.24) is 0 Å². The molecule has 1 saturated carbocycles. The molecule has 0 spiro atoms. The summed E-state index contributed by atoms with van der Waals surface area (Å²) < 4.78 is 5.24. The second-order valence-corrected chi connectivity index (χ2v) is 7.52. The molecule has 1 unspecified atom stereocenters. The molecule has 1 aliphatic carbocycles. The standard InChI is InChI=1S/C25H23NO4/c1-30-20-11-9-18(10-12-20)22-14-23(22)21-7-2-3-8-24(21)26(16-27)15-17-5-4-6-19(13-17)25(28)29/h2-13,16,22-23H,14-15H2,1H3,(H,28,29)/t22-,23?/m0/s1. The van der Waals surface area contributed by atoms with Gasteiger partial charge in [-0.25, -0.2) is 4.79 Å². The van der Waals surface area contributed by atoms with Crippen molar-refractivity contribution in [3.05, 3.63) is 95.1 Å². The minimum atomic E-state index is -0.977. The first-order valence-corrected chi connectivity index (χ1v) is 9.87. The van der Waals surface area contributed by atoms with Gasteiger partial charge in [-0.15, -0.1) is 0 Å². The Labute approximate surface area is 175 Å². The summed E-state index contributed by atoms with van der Waals surface area (Å²) in [5.74, 6) is 0.630. The van der Waals surface area contributed by atoms with Crippen molar-refractivity contribution in [3.8, 4) is 5.75 Å². The number of para-hydroxylation sites is 1. The zero-order valence-corrected chi connectivity index (χ0v) is 16.7. The average molecular weight is 401 g/mol. The first-order chi connectivity index (χ1) is 14.6. The van der Waals surface area contributed by atoms with Gasteiger partial charge in [0.1, 0.15) is 5.75 Å². The Bertz CT molecular complexity index is 1060. The van der Waals surface area contributed by atoms with Crippen LogP contribution in [-0.2, 0) is 11.3 Å². The Balaban J connectivity index is 1.57. The lowest BCUT2D eigenvalue weighted by Gasteiger charge is -2.21. The number of anilines is 1. The van der Waals surface area contributed by atoms with E-state index in [9.17, 15) is 14.7 Å². The molecule has 0 radical (unpaired) electrons. The molecule has 5 heteroatoms. The van der Waals surface area contributed by atoms with Crippen LogP contribution in [0.4, 0.5) is 5.69 Å². The lowest BCUT2D eigenvalue weighted by Crippen LogP contribution is -2.21. The molecule has 30 heavy (non-hydrogen) atoms. The van der Waals surface area contributed by atoms with Gasteiger partial charge >= 0.3 is 5.97 Å². The molecule has 0 aliphatic heterocycles. The highest BCUT2D eigenvalue weighted by Gasteiger charge is 2.41. The molecule has 0 saturated heterocycles. The first-order valence-electron chi connectivity index (χ1n) is 9.87. The number of benzene rings is 3. The Morgan fingerprint density at radius 3 is 2.53 bits per heavy atom. The van der Waals surface area contributed by atoms with Crippen molar-refractivity contribution in [1.29, 1.82) is 0 Å². The number of methoxy groups -OCH3 is 1. The maximum Gasteiger partial charge on any atom is 0.335 e. The highest BCUT2D eigenvalue weighted by Crippen LogP contribution is 2.56. The summed E-state index contributed by atoms with van der Waals surface area (Å²) in [5.41, 5.74) is 4.27. The summed E-state index contributed by atoms with van der Waals surface area (Å²) >= 11 is 0. The molecule has 1 fully saturated rings. The van der Waals surface area contributed by atoms with Gasteiger partial charge in [0.05, 0.1) is 19.2 Å². The molecule has 3 aromatic rings. The monoisotopic (exact) mass is 401 g/mol. The maximum absolute atomic E-state index is 11.9. The van der Waals surface area contributed by atoms with Crippen LogP contribution in [0.2, 0.25) is 0 Å². The van der Waals surface area contributed by atoms with Crippen LogP contribution < -0.4 is 9.64 Å². The van der Waals surface area contributed by atoms with Gasteiger partial charge in [0.2, 0.25) is 6.41 Å². The van der Waals surface area contributed by atoms with E-state index in [0.29, 0.717) is 18.4 Å². The topological polar surface area (TPSA) is 66.8 Å². The van der Waals surface area contributed by atoms with E-state index in [1.54, 1.807) is 30.2 Å². The summed E-state index contributed by atoms with van der Waals surface area (Å²) in [4.78, 5) is 24.8. The third-order valence-electron chi connectivity index (χ3n) is 5.63. The first kappa shape index (κ1) is 19.7. The van der Waals surface area contributed by atoms with Crippen molar-refractivity contribution in [2.24, 2.45) is 0 Å². The molecule has 0 bridgehead atoms. The number of aromatic carboxylic acids is 1. The molecular weight excluding hydrogens is 378 g/mol. The van der Waals surface area contributed by atoms with Crippen LogP contribution in [0.15, 0.2) is 72.8 Å². The fourth-order valence-corrected chi connectivity index (χ4v) is 4.00. The highest BCUT2D eigenvalue weighted by atomic mass is 16.5. The number of carbonyl (C=O) groups is 2.